The van der Waals surface area contributed by atoms with Gasteiger partial charge < -0.3 is 122 Å². The highest BCUT2D eigenvalue weighted by molar-refractivity contribution is 5.98. The second-order valence-electron chi connectivity index (χ2n) is 20.3. The van der Waals surface area contributed by atoms with Gasteiger partial charge in [-0.25, -0.2) is 0 Å². The predicted octanol–water partition coefficient (Wildman–Crippen LogP) is -10.0. The molecule has 0 heterocycles. The lowest BCUT2D eigenvalue weighted by Gasteiger charge is -2.28. The molecule has 37 heteroatoms. The maximum atomic E-state index is 14.5. The van der Waals surface area contributed by atoms with Gasteiger partial charge in [-0.1, -0.05) is 0 Å². The number of carbonyl (C=O) groups excluding carboxylic acids is 11. The van der Waals surface area contributed by atoms with Crippen LogP contribution in [0.1, 0.15) is 124 Å². The molecule has 0 saturated carbocycles. The van der Waals surface area contributed by atoms with Crippen molar-refractivity contribution in [2.75, 3.05) is 39.3 Å². The second-order valence-corrected chi connectivity index (χ2v) is 20.3. The van der Waals surface area contributed by atoms with Gasteiger partial charge in [-0.05, 0) is 123 Å². The van der Waals surface area contributed by atoms with Crippen LogP contribution in [0.5, 0.6) is 0 Å². The minimum Gasteiger partial charge on any atom is -0.391 e. The van der Waals surface area contributed by atoms with E-state index in [0.29, 0.717) is 19.3 Å². The average molecular weight is 1240 g/mol. The van der Waals surface area contributed by atoms with E-state index in [1.165, 1.54) is 20.8 Å². The first kappa shape index (κ1) is 78.1. The van der Waals surface area contributed by atoms with Crippen LogP contribution in [0.4, 0.5) is 0 Å². The zero-order chi connectivity index (χ0) is 66.2. The topological polar surface area (TPSA) is 678 Å². The third kappa shape index (κ3) is 35.9. The quantitative estimate of drug-likeness (QED) is 0.0153. The van der Waals surface area contributed by atoms with E-state index in [9.17, 15) is 57.8 Å². The van der Waals surface area contributed by atoms with Gasteiger partial charge in [0.2, 0.25) is 65.0 Å². The van der Waals surface area contributed by atoms with Crippen LogP contribution >= 0.6 is 0 Å². The average Bonchev–Trinajstić information content (AvgIpc) is 3.01. The Morgan fingerprint density at radius 2 is 0.621 bits per heavy atom. The van der Waals surface area contributed by atoms with Crippen LogP contribution in [0.3, 0.4) is 0 Å². The molecule has 10 atom stereocenters. The largest absolute Gasteiger partial charge is 0.391 e. The van der Waals surface area contributed by atoms with Crippen LogP contribution in [0.2, 0.25) is 0 Å². The summed E-state index contributed by atoms with van der Waals surface area (Å²) in [6, 6.07) is -12.8. The number of nitrogens with one attached hydrogen (secondary N) is 9. The number of hydrogen-bond donors (Lipinski definition) is 22. The first-order valence-corrected chi connectivity index (χ1v) is 28.5. The molecule has 0 aromatic heterocycles. The molecule has 87 heavy (non-hydrogen) atoms. The Bertz CT molecular complexity index is 2360. The van der Waals surface area contributed by atoms with Crippen molar-refractivity contribution >= 4 is 88.8 Å². The minimum atomic E-state index is -1.57. The molecule has 494 valence electrons. The maximum absolute atomic E-state index is 14.5. The molecule has 0 aliphatic heterocycles. The first-order valence-electron chi connectivity index (χ1n) is 28.5. The number of aliphatic imine (C=N–C) groups is 4. The summed E-state index contributed by atoms with van der Waals surface area (Å²) in [6.45, 7) is 4.16. The molecule has 0 aromatic rings. The Hall–Kier alpha value is -8.87. The molecule has 0 unspecified atom stereocenters. The smallest absolute Gasteiger partial charge is 0.243 e. The molecular weight excluding hydrogens is 1140 g/mol. The first-order chi connectivity index (χ1) is 40.9. The predicted molar refractivity (Wildman–Crippen MR) is 323 cm³/mol. The summed E-state index contributed by atoms with van der Waals surface area (Å²) < 4.78 is 0. The van der Waals surface area contributed by atoms with Gasteiger partial charge in [0.05, 0.1) is 6.10 Å². The molecule has 37 nitrogen and oxygen atoms in total. The van der Waals surface area contributed by atoms with Crippen LogP contribution in [0, 0.1) is 0 Å². The molecular formula is C50H97N25O12. The summed E-state index contributed by atoms with van der Waals surface area (Å²) in [5.74, 6) is -10.7. The monoisotopic (exact) mass is 1240 g/mol. The van der Waals surface area contributed by atoms with Gasteiger partial charge in [0.15, 0.2) is 23.8 Å². The van der Waals surface area contributed by atoms with E-state index in [4.69, 9.17) is 68.8 Å². The number of unbranched alkanes of at least 4 members (excludes halogenated alkanes) is 2. The highest BCUT2D eigenvalue weighted by Crippen LogP contribution is 2.11. The highest BCUT2D eigenvalue weighted by atomic mass is 16.3. The van der Waals surface area contributed by atoms with E-state index in [0.717, 1.165) is 0 Å². The van der Waals surface area contributed by atoms with Crippen molar-refractivity contribution in [3.05, 3.63) is 0 Å². The van der Waals surface area contributed by atoms with Gasteiger partial charge in [-0.2, -0.15) is 0 Å². The van der Waals surface area contributed by atoms with Gasteiger partial charge in [0.25, 0.3) is 0 Å². The number of nitrogens with two attached hydrogens (primary N) is 12. The summed E-state index contributed by atoms with van der Waals surface area (Å²) in [5, 5.41) is 33.0. The fourth-order valence-electron chi connectivity index (χ4n) is 8.13. The van der Waals surface area contributed by atoms with Crippen molar-refractivity contribution in [3.63, 3.8) is 0 Å². The summed E-state index contributed by atoms with van der Waals surface area (Å²) in [4.78, 5) is 164. The lowest BCUT2D eigenvalue weighted by Crippen LogP contribution is -2.60. The normalized spacial score (nSPS) is 14.2. The minimum absolute atomic E-state index is 0.0232. The van der Waals surface area contributed by atoms with Crippen LogP contribution in [-0.4, -0.2) is 194 Å². The molecule has 0 spiro atoms. The van der Waals surface area contributed by atoms with Crippen molar-refractivity contribution < 1.29 is 57.8 Å². The number of amides is 11. The zero-order valence-electron chi connectivity index (χ0n) is 50.0. The molecule has 34 N–H and O–H groups in total. The third-order valence-corrected chi connectivity index (χ3v) is 12.7. The van der Waals surface area contributed by atoms with Crippen LogP contribution in [0.25, 0.3) is 0 Å². The summed E-state index contributed by atoms with van der Waals surface area (Å²) in [7, 11) is 0. The fourth-order valence-corrected chi connectivity index (χ4v) is 8.13. The lowest BCUT2D eigenvalue weighted by atomic mass is 10.0. The molecule has 0 aliphatic rings. The molecule has 0 aliphatic carbocycles. The molecule has 0 aromatic carbocycles. The Morgan fingerprint density at radius 3 is 0.885 bits per heavy atom. The van der Waals surface area contributed by atoms with Gasteiger partial charge in [0.1, 0.15) is 54.4 Å². The molecule has 0 rings (SSSR count). The molecule has 11 amide bonds. The molecule has 0 radical (unpaired) electrons. The zero-order valence-corrected chi connectivity index (χ0v) is 50.0. The van der Waals surface area contributed by atoms with Crippen molar-refractivity contribution in [3.8, 4) is 0 Å². The van der Waals surface area contributed by atoms with E-state index >= 15 is 0 Å². The SMILES string of the molecule is CC(=O)N[C@@H](CCCN=C(N)N)C(=O)N[C@@H](C)C(=O)N[C@@H](CCC(N)=O)C(=O)N[C@@H](CCCN=C(N)N)C(=O)N[C@@H](CCCN=C(N)N)C(=O)N[C@@H](CCCCN)C(=O)N[C@@H](CCCCN)C(=O)N[C@@H](CCCN=C(N)N)C(=O)N[C@H](C(N)=O)[C@@H](C)O. The van der Waals surface area contributed by atoms with Crippen molar-refractivity contribution in [1.82, 2.24) is 47.9 Å². The third-order valence-electron chi connectivity index (χ3n) is 12.7. The second kappa shape index (κ2) is 43.7. The Labute approximate surface area is 505 Å². The number of rotatable bonds is 46. The van der Waals surface area contributed by atoms with Gasteiger partial charge in [-0.15, -0.1) is 0 Å². The molecule has 0 fully saturated rings. The van der Waals surface area contributed by atoms with E-state index in [1.807, 2.05) is 0 Å². The van der Waals surface area contributed by atoms with E-state index in [-0.39, 0.29) is 134 Å². The number of guanidine groups is 4. The van der Waals surface area contributed by atoms with E-state index in [2.05, 4.69) is 67.8 Å². The number of aliphatic hydroxyl groups excluding tert-OH is 1. The highest BCUT2D eigenvalue weighted by Gasteiger charge is 2.35. The Morgan fingerprint density at radius 1 is 0.356 bits per heavy atom. The van der Waals surface area contributed by atoms with E-state index in [1.54, 1.807) is 0 Å². The Balaban J connectivity index is 7.21. The summed E-state index contributed by atoms with van der Waals surface area (Å²) >= 11 is 0. The van der Waals surface area contributed by atoms with Crippen molar-refractivity contribution in [2.45, 2.75) is 184 Å². The number of aliphatic hydroxyl groups is 1. The van der Waals surface area contributed by atoms with Crippen LogP contribution < -0.4 is 117 Å². The van der Waals surface area contributed by atoms with Gasteiger partial charge in [-0.3, -0.25) is 72.7 Å². The summed E-state index contributed by atoms with van der Waals surface area (Å²) in [6.07, 6.45) is -0.901. The number of carbonyl (C=O) groups is 11. The number of primary amides is 2. The fraction of sp³-hybridized carbons (Fsp3) is 0.700. The number of nitrogens with zero attached hydrogens (tertiary/aromatic N) is 4. The van der Waals surface area contributed by atoms with Gasteiger partial charge >= 0.3 is 0 Å². The lowest BCUT2D eigenvalue weighted by molar-refractivity contribution is -0.136. The molecule has 0 bridgehead atoms. The standard InChI is InChI=1S/C50H97N25O12/c1-26(67-40(81)29(68-28(3)77)14-8-22-63-47(55)56)39(80)69-35(18-19-36(53)78)45(86)73-33(16-10-24-65-49(59)60)44(85)72-32(15-9-23-64-48(57)58)43(84)71-30(12-4-6-20-51)41(82)70-31(13-5-7-21-52)42(83)74-34(17-11-25-66-50(61)62)46(87)75-37(27(2)76)38(54)79/h26-27,29-35,37,76H,4-25,51-52H2,1-3H3,(H2,53,78)(H2,54,79)(H,67,81)(H,68,77)(H,69,80)(H,70,82)(H,71,84)(H,72,85)(H,73,86)(H,74,83)(H,75,87)(H4,55,56,63)(H4,57,58,64)(H4,59,60,65)(H4,61,62,66)/t26-,27+,29-,30-,31-,32-,33-,34-,35-,37-/m0/s1. The molecule has 0 saturated heterocycles. The van der Waals surface area contributed by atoms with Crippen LogP contribution in [0.15, 0.2) is 20.0 Å². The summed E-state index contributed by atoms with van der Waals surface area (Å²) in [5.41, 5.74) is 66.2. The number of hydrogen-bond acceptors (Lipinski definition) is 18. The van der Waals surface area contributed by atoms with Gasteiger partial charge in [0, 0.05) is 39.5 Å². The van der Waals surface area contributed by atoms with Crippen molar-refractivity contribution in [1.29, 1.82) is 0 Å². The van der Waals surface area contributed by atoms with Crippen molar-refractivity contribution in [2.24, 2.45) is 88.8 Å². The maximum Gasteiger partial charge on any atom is 0.243 e. The van der Waals surface area contributed by atoms with Crippen LogP contribution in [-0.2, 0) is 52.7 Å². The Kier molecular flexibility index (Phi) is 39.3. The van der Waals surface area contributed by atoms with E-state index < -0.39 is 138 Å².